The lowest BCUT2D eigenvalue weighted by atomic mass is 10.1. The van der Waals surface area contributed by atoms with Gasteiger partial charge in [-0.3, -0.25) is 13.9 Å². The number of halogens is 1. The van der Waals surface area contributed by atoms with Crippen LogP contribution in [-0.4, -0.2) is 63.0 Å². The van der Waals surface area contributed by atoms with Gasteiger partial charge in [0.2, 0.25) is 16.4 Å². The van der Waals surface area contributed by atoms with Gasteiger partial charge in [0.1, 0.15) is 0 Å². The van der Waals surface area contributed by atoms with Crippen LogP contribution in [0.15, 0.2) is 48.5 Å². The number of hydrogen-bond acceptors (Lipinski definition) is 4. The molecule has 7 nitrogen and oxygen atoms in total. The van der Waals surface area contributed by atoms with Gasteiger partial charge in [-0.05, 0) is 35.9 Å². The Morgan fingerprint density at radius 3 is 2.31 bits per heavy atom. The average molecular weight is 436 g/mol. The molecule has 1 heterocycles. The number of carbonyl (C=O) groups excluding carboxylic acids is 2. The van der Waals surface area contributed by atoms with Gasteiger partial charge in [0.15, 0.2) is 0 Å². The van der Waals surface area contributed by atoms with Crippen LogP contribution in [0.1, 0.15) is 15.9 Å². The third-order valence-corrected chi connectivity index (χ3v) is 6.15. The smallest absolute Gasteiger partial charge is 0.253 e. The number of nitrogens with zero attached hydrogens (tertiary/aromatic N) is 3. The van der Waals surface area contributed by atoms with E-state index in [1.54, 1.807) is 58.3 Å². The first-order valence-electron chi connectivity index (χ1n) is 9.09. The first kappa shape index (κ1) is 21.1. The van der Waals surface area contributed by atoms with E-state index in [0.717, 1.165) is 18.2 Å². The van der Waals surface area contributed by atoms with Crippen molar-refractivity contribution in [1.29, 1.82) is 0 Å². The highest BCUT2D eigenvalue weighted by Gasteiger charge is 2.22. The van der Waals surface area contributed by atoms with Crippen molar-refractivity contribution in [2.45, 2.75) is 6.54 Å². The minimum absolute atomic E-state index is 0.100. The molecule has 0 aromatic heterocycles. The Bertz CT molecular complexity index is 987. The molecule has 0 bridgehead atoms. The van der Waals surface area contributed by atoms with E-state index in [4.69, 9.17) is 11.6 Å². The Balaban J connectivity index is 1.73. The van der Waals surface area contributed by atoms with Crippen LogP contribution in [0.3, 0.4) is 0 Å². The van der Waals surface area contributed by atoms with E-state index < -0.39 is 10.0 Å². The van der Waals surface area contributed by atoms with Crippen LogP contribution >= 0.6 is 11.6 Å². The molecule has 9 heteroatoms. The van der Waals surface area contributed by atoms with Crippen molar-refractivity contribution in [2.24, 2.45) is 0 Å². The third-order valence-electron chi connectivity index (χ3n) is 4.77. The molecule has 1 fully saturated rings. The van der Waals surface area contributed by atoms with Crippen molar-refractivity contribution in [3.8, 4) is 0 Å². The molecule has 0 unspecified atom stereocenters. The highest BCUT2D eigenvalue weighted by molar-refractivity contribution is 7.92. The maximum absolute atomic E-state index is 12.6. The quantitative estimate of drug-likeness (QED) is 0.652. The molecule has 1 saturated heterocycles. The minimum Gasteiger partial charge on any atom is -0.342 e. The zero-order chi connectivity index (χ0) is 21.0. The third kappa shape index (κ3) is 5.27. The van der Waals surface area contributed by atoms with E-state index in [2.05, 4.69) is 0 Å². The van der Waals surface area contributed by atoms with Crippen LogP contribution in [0.4, 0.5) is 5.69 Å². The van der Waals surface area contributed by atoms with E-state index in [1.165, 1.54) is 4.31 Å². The second kappa shape index (κ2) is 8.84. The fraction of sp³-hybridized carbons (Fsp3) is 0.300. The first-order valence-corrected chi connectivity index (χ1v) is 11.3. The number of benzene rings is 2. The van der Waals surface area contributed by atoms with Crippen LogP contribution < -0.4 is 4.31 Å². The Labute approximate surface area is 175 Å². The molecule has 154 valence electrons. The minimum atomic E-state index is -3.52. The number of piperazine rings is 1. The molecule has 0 saturated carbocycles. The topological polar surface area (TPSA) is 78.0 Å². The van der Waals surface area contributed by atoms with Gasteiger partial charge in [0.25, 0.3) is 5.91 Å². The number of sulfonamides is 1. The Morgan fingerprint density at radius 2 is 1.76 bits per heavy atom. The largest absolute Gasteiger partial charge is 0.342 e. The molecule has 0 atom stereocenters. The summed E-state index contributed by atoms with van der Waals surface area (Å²) >= 11 is 6.00. The summed E-state index contributed by atoms with van der Waals surface area (Å²) in [7, 11) is -3.52. The molecule has 1 aliphatic heterocycles. The van der Waals surface area contributed by atoms with Crippen LogP contribution in [0, 0.1) is 0 Å². The van der Waals surface area contributed by atoms with Crippen LogP contribution in [0.2, 0.25) is 5.02 Å². The van der Waals surface area contributed by atoms with E-state index in [-0.39, 0.29) is 12.5 Å². The monoisotopic (exact) mass is 435 g/mol. The highest BCUT2D eigenvalue weighted by atomic mass is 35.5. The molecule has 3 rings (SSSR count). The van der Waals surface area contributed by atoms with E-state index >= 15 is 0 Å². The summed E-state index contributed by atoms with van der Waals surface area (Å²) in [5.41, 5.74) is 1.76. The second-order valence-corrected chi connectivity index (χ2v) is 9.22. The van der Waals surface area contributed by atoms with Crippen molar-refractivity contribution in [3.63, 3.8) is 0 Å². The summed E-state index contributed by atoms with van der Waals surface area (Å²) in [6, 6.07) is 13.5. The number of anilines is 1. The molecule has 2 aromatic rings. The second-order valence-electron chi connectivity index (χ2n) is 6.88. The Hall–Kier alpha value is -2.58. The maximum atomic E-state index is 12.6. The number of carbonyl (C=O) groups is 2. The number of amides is 2. The molecule has 1 aliphatic rings. The molecule has 0 radical (unpaired) electrons. The van der Waals surface area contributed by atoms with Gasteiger partial charge in [0.05, 0.1) is 18.5 Å². The van der Waals surface area contributed by atoms with Crippen LogP contribution in [-0.2, 0) is 21.4 Å². The Morgan fingerprint density at radius 1 is 1.10 bits per heavy atom. The standard InChI is InChI=1S/C20H22ClN3O4S/c1-29(27,28)24(19-4-2-3-18(21)13-19)14-16-5-7-17(8-6-16)20(26)23-11-9-22(15-25)10-12-23/h2-8,13,15H,9-12,14H2,1H3. The zero-order valence-electron chi connectivity index (χ0n) is 16.0. The highest BCUT2D eigenvalue weighted by Crippen LogP contribution is 2.24. The van der Waals surface area contributed by atoms with Crippen LogP contribution in [0.5, 0.6) is 0 Å². The number of rotatable bonds is 6. The van der Waals surface area contributed by atoms with Crippen molar-refractivity contribution < 1.29 is 18.0 Å². The predicted octanol–water partition coefficient (Wildman–Crippen LogP) is 2.22. The summed E-state index contributed by atoms with van der Waals surface area (Å²) < 4.78 is 25.8. The van der Waals surface area contributed by atoms with Crippen molar-refractivity contribution in [1.82, 2.24) is 9.80 Å². The average Bonchev–Trinajstić information content (AvgIpc) is 2.71. The normalized spacial score (nSPS) is 14.6. The molecular formula is C20H22ClN3O4S. The summed E-state index contributed by atoms with van der Waals surface area (Å²) in [4.78, 5) is 26.8. The van der Waals surface area contributed by atoms with E-state index in [9.17, 15) is 18.0 Å². The molecule has 2 aromatic carbocycles. The fourth-order valence-electron chi connectivity index (χ4n) is 3.16. The van der Waals surface area contributed by atoms with Gasteiger partial charge in [-0.15, -0.1) is 0 Å². The molecule has 29 heavy (non-hydrogen) atoms. The van der Waals surface area contributed by atoms with Gasteiger partial charge in [0, 0.05) is 36.8 Å². The predicted molar refractivity (Wildman–Crippen MR) is 112 cm³/mol. The SMILES string of the molecule is CS(=O)(=O)N(Cc1ccc(C(=O)N2CCN(C=O)CC2)cc1)c1cccc(Cl)c1. The lowest BCUT2D eigenvalue weighted by molar-refractivity contribution is -0.119. The van der Waals surface area contributed by atoms with Crippen LogP contribution in [0.25, 0.3) is 0 Å². The molecule has 2 amide bonds. The van der Waals surface area contributed by atoms with E-state index in [1.807, 2.05) is 0 Å². The number of hydrogen-bond donors (Lipinski definition) is 0. The fourth-order valence-corrected chi connectivity index (χ4v) is 4.23. The lowest BCUT2D eigenvalue weighted by Gasteiger charge is -2.32. The van der Waals surface area contributed by atoms with Gasteiger partial charge in [-0.2, -0.15) is 0 Å². The summed E-state index contributed by atoms with van der Waals surface area (Å²) in [5, 5.41) is 0.451. The molecule has 0 aliphatic carbocycles. The maximum Gasteiger partial charge on any atom is 0.253 e. The van der Waals surface area contributed by atoms with Crippen molar-refractivity contribution in [3.05, 3.63) is 64.7 Å². The summed E-state index contributed by atoms with van der Waals surface area (Å²) in [6.07, 6.45) is 1.94. The van der Waals surface area contributed by atoms with Crippen molar-refractivity contribution in [2.75, 3.05) is 36.7 Å². The molecular weight excluding hydrogens is 414 g/mol. The van der Waals surface area contributed by atoms with Gasteiger partial charge in [-0.25, -0.2) is 8.42 Å². The molecule has 0 spiro atoms. The summed E-state index contributed by atoms with van der Waals surface area (Å²) in [6.45, 7) is 2.17. The van der Waals surface area contributed by atoms with Gasteiger partial charge in [-0.1, -0.05) is 29.8 Å². The van der Waals surface area contributed by atoms with Gasteiger partial charge >= 0.3 is 0 Å². The molecule has 0 N–H and O–H groups in total. The summed E-state index contributed by atoms with van der Waals surface area (Å²) in [5.74, 6) is -0.100. The Kier molecular flexibility index (Phi) is 6.44. The lowest BCUT2D eigenvalue weighted by Crippen LogP contribution is -2.48. The van der Waals surface area contributed by atoms with Crippen molar-refractivity contribution >= 4 is 39.6 Å². The zero-order valence-corrected chi connectivity index (χ0v) is 17.6. The first-order chi connectivity index (χ1) is 13.8. The van der Waals surface area contributed by atoms with Gasteiger partial charge < -0.3 is 9.80 Å². The van der Waals surface area contributed by atoms with E-state index in [0.29, 0.717) is 42.5 Å².